The number of benzene rings is 1. The van der Waals surface area contributed by atoms with E-state index in [4.69, 9.17) is 10.5 Å². The molecule has 0 heterocycles. The number of halogens is 1. The quantitative estimate of drug-likeness (QED) is 0.753. The molecule has 0 aliphatic carbocycles. The zero-order valence-electron chi connectivity index (χ0n) is 9.62. The first kappa shape index (κ1) is 14.0. The molecule has 1 amide bonds. The maximum Gasteiger partial charge on any atom is 0.220 e. The van der Waals surface area contributed by atoms with Crippen LogP contribution in [-0.4, -0.2) is 25.6 Å². The zero-order valence-corrected chi connectivity index (χ0v) is 11.2. The molecule has 4 nitrogen and oxygen atoms in total. The molecule has 0 saturated heterocycles. The molecule has 0 fully saturated rings. The van der Waals surface area contributed by atoms with Crippen LogP contribution in [0.4, 0.5) is 0 Å². The fourth-order valence-electron chi connectivity index (χ4n) is 1.24. The van der Waals surface area contributed by atoms with E-state index >= 15 is 0 Å². The minimum absolute atomic E-state index is 0.0230. The Balaban J connectivity index is 2.11. The van der Waals surface area contributed by atoms with Crippen LogP contribution in [0.5, 0.6) is 5.75 Å². The van der Waals surface area contributed by atoms with Crippen molar-refractivity contribution in [2.24, 2.45) is 5.73 Å². The SMILES string of the molecule is NCCCC(=O)NCCOc1ccc(Br)cc1. The van der Waals surface area contributed by atoms with Gasteiger partial charge in [-0.1, -0.05) is 15.9 Å². The van der Waals surface area contributed by atoms with Gasteiger partial charge in [0.1, 0.15) is 12.4 Å². The molecule has 0 atom stereocenters. The number of nitrogens with one attached hydrogen (secondary N) is 1. The predicted octanol–water partition coefficient (Wildman–Crippen LogP) is 1.68. The molecule has 0 spiro atoms. The average molecular weight is 301 g/mol. The predicted molar refractivity (Wildman–Crippen MR) is 70.9 cm³/mol. The number of rotatable bonds is 7. The van der Waals surface area contributed by atoms with Crippen molar-refractivity contribution < 1.29 is 9.53 Å². The molecule has 0 unspecified atom stereocenters. The van der Waals surface area contributed by atoms with Crippen LogP contribution in [0.1, 0.15) is 12.8 Å². The van der Waals surface area contributed by atoms with E-state index in [1.54, 1.807) is 0 Å². The smallest absolute Gasteiger partial charge is 0.220 e. The van der Waals surface area contributed by atoms with Gasteiger partial charge < -0.3 is 15.8 Å². The first-order valence-corrected chi connectivity index (χ1v) is 6.37. The van der Waals surface area contributed by atoms with E-state index in [1.807, 2.05) is 24.3 Å². The Morgan fingerprint density at radius 1 is 1.35 bits per heavy atom. The van der Waals surface area contributed by atoms with Crippen molar-refractivity contribution in [3.05, 3.63) is 28.7 Å². The number of hydrogen-bond acceptors (Lipinski definition) is 3. The summed E-state index contributed by atoms with van der Waals surface area (Å²) in [7, 11) is 0. The summed E-state index contributed by atoms with van der Waals surface area (Å²) in [6.07, 6.45) is 1.20. The third-order valence-corrected chi connectivity index (χ3v) is 2.64. The molecule has 1 aromatic rings. The van der Waals surface area contributed by atoms with Gasteiger partial charge in [0.05, 0.1) is 6.54 Å². The van der Waals surface area contributed by atoms with Gasteiger partial charge in [-0.15, -0.1) is 0 Å². The lowest BCUT2D eigenvalue weighted by atomic mass is 10.3. The number of amides is 1. The van der Waals surface area contributed by atoms with E-state index in [0.717, 1.165) is 16.6 Å². The second-order valence-corrected chi connectivity index (χ2v) is 4.46. The van der Waals surface area contributed by atoms with Crippen molar-refractivity contribution in [1.29, 1.82) is 0 Å². The fraction of sp³-hybridized carbons (Fsp3) is 0.417. The Kier molecular flexibility index (Phi) is 6.65. The van der Waals surface area contributed by atoms with Crippen molar-refractivity contribution in [3.63, 3.8) is 0 Å². The number of carbonyl (C=O) groups is 1. The number of hydrogen-bond donors (Lipinski definition) is 2. The summed E-state index contributed by atoms with van der Waals surface area (Å²) in [5, 5.41) is 2.77. The number of carbonyl (C=O) groups excluding carboxylic acids is 1. The van der Waals surface area contributed by atoms with Gasteiger partial charge in [0, 0.05) is 10.9 Å². The summed E-state index contributed by atoms with van der Waals surface area (Å²) < 4.78 is 6.47. The largest absolute Gasteiger partial charge is 0.492 e. The summed E-state index contributed by atoms with van der Waals surface area (Å²) >= 11 is 3.35. The molecular weight excluding hydrogens is 284 g/mol. The second kappa shape index (κ2) is 8.08. The average Bonchev–Trinajstić information content (AvgIpc) is 2.34. The van der Waals surface area contributed by atoms with Gasteiger partial charge in [0.15, 0.2) is 0 Å². The Bertz CT molecular complexity index is 341. The molecule has 1 rings (SSSR count). The zero-order chi connectivity index (χ0) is 12.5. The van der Waals surface area contributed by atoms with Gasteiger partial charge in [-0.2, -0.15) is 0 Å². The van der Waals surface area contributed by atoms with Crippen LogP contribution in [0.2, 0.25) is 0 Å². The van der Waals surface area contributed by atoms with Crippen molar-refractivity contribution in [3.8, 4) is 5.75 Å². The summed E-state index contributed by atoms with van der Waals surface area (Å²) in [5.74, 6) is 0.819. The van der Waals surface area contributed by atoms with Crippen LogP contribution in [0, 0.1) is 0 Å². The van der Waals surface area contributed by atoms with Crippen LogP contribution < -0.4 is 15.8 Å². The van der Waals surface area contributed by atoms with E-state index in [0.29, 0.717) is 26.1 Å². The van der Waals surface area contributed by atoms with Crippen LogP contribution in [0.3, 0.4) is 0 Å². The first-order chi connectivity index (χ1) is 8.22. The monoisotopic (exact) mass is 300 g/mol. The third kappa shape index (κ3) is 6.28. The normalized spacial score (nSPS) is 10.0. The van der Waals surface area contributed by atoms with Crippen molar-refractivity contribution >= 4 is 21.8 Å². The number of ether oxygens (including phenoxy) is 1. The van der Waals surface area contributed by atoms with Gasteiger partial charge in [-0.3, -0.25) is 4.79 Å². The minimum Gasteiger partial charge on any atom is -0.492 e. The highest BCUT2D eigenvalue weighted by Crippen LogP contribution is 2.15. The summed E-state index contributed by atoms with van der Waals surface area (Å²) in [4.78, 5) is 11.2. The maximum atomic E-state index is 11.2. The molecule has 0 radical (unpaired) electrons. The summed E-state index contributed by atoms with van der Waals surface area (Å²) in [6, 6.07) is 7.57. The van der Waals surface area contributed by atoms with Gasteiger partial charge in [0.25, 0.3) is 0 Å². The highest BCUT2D eigenvalue weighted by Gasteiger charge is 1.99. The second-order valence-electron chi connectivity index (χ2n) is 3.54. The molecule has 0 aliphatic heterocycles. The van der Waals surface area contributed by atoms with E-state index in [-0.39, 0.29) is 5.91 Å². The molecule has 0 bridgehead atoms. The molecule has 1 aromatic carbocycles. The Morgan fingerprint density at radius 2 is 2.06 bits per heavy atom. The molecule has 0 saturated carbocycles. The van der Waals surface area contributed by atoms with Gasteiger partial charge in [-0.05, 0) is 37.2 Å². The highest BCUT2D eigenvalue weighted by molar-refractivity contribution is 9.10. The van der Waals surface area contributed by atoms with Crippen molar-refractivity contribution in [1.82, 2.24) is 5.32 Å². The van der Waals surface area contributed by atoms with E-state index < -0.39 is 0 Å². The third-order valence-electron chi connectivity index (χ3n) is 2.11. The first-order valence-electron chi connectivity index (χ1n) is 5.57. The molecule has 0 aliphatic rings. The minimum atomic E-state index is 0.0230. The van der Waals surface area contributed by atoms with E-state index in [1.165, 1.54) is 0 Å². The lowest BCUT2D eigenvalue weighted by molar-refractivity contribution is -0.121. The maximum absolute atomic E-state index is 11.2. The van der Waals surface area contributed by atoms with Gasteiger partial charge >= 0.3 is 0 Å². The summed E-state index contributed by atoms with van der Waals surface area (Å²) in [6.45, 7) is 1.53. The van der Waals surface area contributed by atoms with Crippen molar-refractivity contribution in [2.45, 2.75) is 12.8 Å². The number of nitrogens with two attached hydrogens (primary N) is 1. The molecule has 17 heavy (non-hydrogen) atoms. The fourth-order valence-corrected chi connectivity index (χ4v) is 1.51. The molecular formula is C12H17BrN2O2. The van der Waals surface area contributed by atoms with Gasteiger partial charge in [0.2, 0.25) is 5.91 Å². The lowest BCUT2D eigenvalue weighted by Crippen LogP contribution is -2.28. The van der Waals surface area contributed by atoms with E-state index in [2.05, 4.69) is 21.2 Å². The molecule has 5 heteroatoms. The van der Waals surface area contributed by atoms with Crippen LogP contribution >= 0.6 is 15.9 Å². The summed E-state index contributed by atoms with van der Waals surface area (Å²) in [5.41, 5.74) is 5.31. The molecule has 0 aromatic heterocycles. The standard InChI is InChI=1S/C12H17BrN2O2/c13-10-3-5-11(6-4-10)17-9-8-15-12(16)2-1-7-14/h3-6H,1-2,7-9,14H2,(H,15,16). The van der Waals surface area contributed by atoms with Crippen molar-refractivity contribution in [2.75, 3.05) is 19.7 Å². The van der Waals surface area contributed by atoms with Crippen LogP contribution in [0.25, 0.3) is 0 Å². The van der Waals surface area contributed by atoms with Gasteiger partial charge in [-0.25, -0.2) is 0 Å². The van der Waals surface area contributed by atoms with E-state index in [9.17, 15) is 4.79 Å². The Labute approximate surface area is 110 Å². The topological polar surface area (TPSA) is 64.4 Å². The van der Waals surface area contributed by atoms with Crippen LogP contribution in [-0.2, 0) is 4.79 Å². The molecule has 3 N–H and O–H groups in total. The molecule has 94 valence electrons. The Hall–Kier alpha value is -1.07. The highest BCUT2D eigenvalue weighted by atomic mass is 79.9. The van der Waals surface area contributed by atoms with Crippen LogP contribution in [0.15, 0.2) is 28.7 Å². The lowest BCUT2D eigenvalue weighted by Gasteiger charge is -2.07. The Morgan fingerprint density at radius 3 is 2.71 bits per heavy atom.